The Kier molecular flexibility index (Phi) is 3.06. The molecule has 5 nitrogen and oxygen atoms in total. The van der Waals surface area contributed by atoms with E-state index in [0.29, 0.717) is 12.8 Å². The van der Waals surface area contributed by atoms with E-state index in [1.165, 1.54) is 0 Å². The van der Waals surface area contributed by atoms with Crippen LogP contribution in [0, 0.1) is 0 Å². The molecule has 1 amide bonds. The van der Waals surface area contributed by atoms with Gasteiger partial charge in [0.05, 0.1) is 12.4 Å². The number of aliphatic hydroxyl groups is 1. The van der Waals surface area contributed by atoms with Crippen molar-refractivity contribution in [1.82, 2.24) is 14.9 Å². The zero-order valence-corrected chi connectivity index (χ0v) is 11.3. The number of hydrogen-bond acceptors (Lipinski definition) is 3. The molecule has 1 atom stereocenters. The first-order valence-electron chi connectivity index (χ1n) is 6.70. The van der Waals surface area contributed by atoms with Crippen LogP contribution in [0.4, 0.5) is 0 Å². The van der Waals surface area contributed by atoms with Gasteiger partial charge in [-0.2, -0.15) is 0 Å². The van der Waals surface area contributed by atoms with Crippen molar-refractivity contribution in [3.05, 3.63) is 48.5 Å². The van der Waals surface area contributed by atoms with E-state index in [0.717, 1.165) is 11.3 Å². The van der Waals surface area contributed by atoms with Crippen LogP contribution in [0.15, 0.2) is 43.0 Å². The van der Waals surface area contributed by atoms with Gasteiger partial charge in [0, 0.05) is 18.1 Å². The van der Waals surface area contributed by atoms with Crippen LogP contribution in [0.3, 0.4) is 0 Å². The molecule has 1 aliphatic rings. The summed E-state index contributed by atoms with van der Waals surface area (Å²) in [7, 11) is 0. The number of imidazole rings is 1. The molecule has 104 valence electrons. The zero-order valence-electron chi connectivity index (χ0n) is 11.3. The Labute approximate surface area is 117 Å². The predicted octanol–water partition coefficient (Wildman–Crippen LogP) is 1.57. The lowest BCUT2D eigenvalue weighted by Gasteiger charge is -2.17. The summed E-state index contributed by atoms with van der Waals surface area (Å²) >= 11 is 0. The Balaban J connectivity index is 1.69. The third-order valence-corrected chi connectivity index (χ3v) is 3.69. The number of benzene rings is 1. The van der Waals surface area contributed by atoms with Crippen molar-refractivity contribution in [3.63, 3.8) is 0 Å². The highest BCUT2D eigenvalue weighted by molar-refractivity contribution is 5.88. The quantitative estimate of drug-likeness (QED) is 0.887. The van der Waals surface area contributed by atoms with Crippen molar-refractivity contribution in [2.75, 3.05) is 0 Å². The number of carbonyl (C=O) groups is 1. The highest BCUT2D eigenvalue weighted by atomic mass is 16.3. The van der Waals surface area contributed by atoms with E-state index >= 15 is 0 Å². The molecule has 1 heterocycles. The fraction of sp³-hybridized carbons (Fsp3) is 0.333. The summed E-state index contributed by atoms with van der Waals surface area (Å²) in [6, 6.07) is 7.77. The van der Waals surface area contributed by atoms with Crippen LogP contribution in [-0.4, -0.2) is 26.2 Å². The smallest absolute Gasteiger partial charge is 0.252 e. The minimum Gasteiger partial charge on any atom is -0.380 e. The van der Waals surface area contributed by atoms with E-state index in [-0.39, 0.29) is 11.9 Å². The van der Waals surface area contributed by atoms with E-state index in [1.54, 1.807) is 12.5 Å². The van der Waals surface area contributed by atoms with Crippen molar-refractivity contribution >= 4 is 5.91 Å². The van der Waals surface area contributed by atoms with Gasteiger partial charge < -0.3 is 15.0 Å². The zero-order chi connectivity index (χ0) is 14.2. The van der Waals surface area contributed by atoms with Gasteiger partial charge in [0.2, 0.25) is 0 Å². The minimum atomic E-state index is -1.12. The second-order valence-electron chi connectivity index (χ2n) is 5.29. The largest absolute Gasteiger partial charge is 0.380 e. The topological polar surface area (TPSA) is 67.2 Å². The fourth-order valence-corrected chi connectivity index (χ4v) is 2.11. The van der Waals surface area contributed by atoms with E-state index in [1.807, 2.05) is 42.0 Å². The number of carbonyl (C=O) groups excluding carboxylic acids is 1. The van der Waals surface area contributed by atoms with Crippen LogP contribution in [0.5, 0.6) is 0 Å². The summed E-state index contributed by atoms with van der Waals surface area (Å²) in [5.41, 5.74) is 0.905. The number of aromatic nitrogens is 2. The Bertz CT molecular complexity index is 601. The van der Waals surface area contributed by atoms with Gasteiger partial charge in [0.15, 0.2) is 0 Å². The first-order chi connectivity index (χ1) is 9.58. The lowest BCUT2D eigenvalue weighted by molar-refractivity contribution is -0.132. The fourth-order valence-electron chi connectivity index (χ4n) is 2.11. The van der Waals surface area contributed by atoms with Gasteiger partial charge in [0.1, 0.15) is 5.60 Å². The van der Waals surface area contributed by atoms with E-state index in [4.69, 9.17) is 0 Å². The van der Waals surface area contributed by atoms with Gasteiger partial charge in [-0.25, -0.2) is 4.98 Å². The maximum Gasteiger partial charge on any atom is 0.252 e. The summed E-state index contributed by atoms with van der Waals surface area (Å²) in [6.07, 6.45) is 6.47. The summed E-state index contributed by atoms with van der Waals surface area (Å²) < 4.78 is 1.92. The lowest BCUT2D eigenvalue weighted by atomic mass is 10.1. The number of nitrogens with zero attached hydrogens (tertiary/aromatic N) is 2. The highest BCUT2D eigenvalue weighted by Gasteiger charge is 2.48. The van der Waals surface area contributed by atoms with Crippen LogP contribution in [0.25, 0.3) is 5.69 Å². The standard InChI is InChI=1S/C15H17N3O2/c1-11(17-14(19)15(20)6-7-15)12-2-4-13(5-3-12)18-9-8-16-10-18/h2-5,8-11,20H,6-7H2,1H3,(H,17,19). The SMILES string of the molecule is CC(NC(=O)C1(O)CC1)c1ccc(-n2ccnc2)cc1. The molecule has 0 aliphatic heterocycles. The van der Waals surface area contributed by atoms with Gasteiger partial charge in [-0.05, 0) is 37.5 Å². The first kappa shape index (κ1) is 12.9. The molecule has 3 rings (SSSR count). The van der Waals surface area contributed by atoms with Gasteiger partial charge in [0.25, 0.3) is 5.91 Å². The molecule has 0 saturated heterocycles. The molecule has 20 heavy (non-hydrogen) atoms. The molecule has 1 aromatic carbocycles. The molecule has 1 unspecified atom stereocenters. The molecule has 0 radical (unpaired) electrons. The van der Waals surface area contributed by atoms with Crippen LogP contribution < -0.4 is 5.32 Å². The van der Waals surface area contributed by atoms with E-state index in [9.17, 15) is 9.90 Å². The number of hydrogen-bond donors (Lipinski definition) is 2. The summed E-state index contributed by atoms with van der Waals surface area (Å²) in [4.78, 5) is 15.8. The molecular formula is C15H17N3O2. The van der Waals surface area contributed by atoms with E-state index < -0.39 is 5.60 Å². The number of amides is 1. The predicted molar refractivity (Wildman–Crippen MR) is 74.3 cm³/mol. The molecule has 2 N–H and O–H groups in total. The van der Waals surface area contributed by atoms with Crippen LogP contribution in [-0.2, 0) is 4.79 Å². The molecule has 1 aromatic heterocycles. The number of rotatable bonds is 4. The van der Waals surface area contributed by atoms with Gasteiger partial charge in [-0.3, -0.25) is 4.79 Å². The van der Waals surface area contributed by atoms with Gasteiger partial charge in [-0.1, -0.05) is 12.1 Å². The van der Waals surface area contributed by atoms with Gasteiger partial charge >= 0.3 is 0 Å². The average molecular weight is 271 g/mol. The van der Waals surface area contributed by atoms with Crippen molar-refractivity contribution < 1.29 is 9.90 Å². The molecule has 1 aliphatic carbocycles. The summed E-state index contributed by atoms with van der Waals surface area (Å²) in [6.45, 7) is 1.91. The first-order valence-corrected chi connectivity index (χ1v) is 6.70. The second-order valence-corrected chi connectivity index (χ2v) is 5.29. The number of nitrogens with one attached hydrogen (secondary N) is 1. The van der Waals surface area contributed by atoms with E-state index in [2.05, 4.69) is 10.3 Å². The van der Waals surface area contributed by atoms with Crippen molar-refractivity contribution in [2.24, 2.45) is 0 Å². The molecule has 1 saturated carbocycles. The molecule has 2 aromatic rings. The normalized spacial score (nSPS) is 17.5. The van der Waals surface area contributed by atoms with Crippen molar-refractivity contribution in [3.8, 4) is 5.69 Å². The molecule has 1 fully saturated rings. The minimum absolute atomic E-state index is 0.121. The molecule has 0 spiro atoms. The Morgan fingerprint density at radius 3 is 2.65 bits per heavy atom. The van der Waals surface area contributed by atoms with Crippen molar-refractivity contribution in [1.29, 1.82) is 0 Å². The third-order valence-electron chi connectivity index (χ3n) is 3.69. The van der Waals surface area contributed by atoms with Crippen LogP contribution in [0.2, 0.25) is 0 Å². The van der Waals surface area contributed by atoms with Gasteiger partial charge in [-0.15, -0.1) is 0 Å². The third kappa shape index (κ3) is 2.44. The Hall–Kier alpha value is -2.14. The lowest BCUT2D eigenvalue weighted by Crippen LogP contribution is -2.37. The summed E-state index contributed by atoms with van der Waals surface area (Å²) in [5, 5.41) is 12.6. The van der Waals surface area contributed by atoms with Crippen LogP contribution >= 0.6 is 0 Å². The van der Waals surface area contributed by atoms with Crippen LogP contribution in [0.1, 0.15) is 31.4 Å². The second kappa shape index (κ2) is 4.76. The van der Waals surface area contributed by atoms with Crippen molar-refractivity contribution in [2.45, 2.75) is 31.4 Å². The average Bonchev–Trinajstić information content (AvgIpc) is 3.00. The maximum absolute atomic E-state index is 11.8. The molecule has 0 bridgehead atoms. The Morgan fingerprint density at radius 1 is 1.40 bits per heavy atom. The maximum atomic E-state index is 11.8. The monoisotopic (exact) mass is 271 g/mol. The molecule has 5 heteroatoms. The molecular weight excluding hydrogens is 254 g/mol. The summed E-state index contributed by atoms with van der Waals surface area (Å²) in [5.74, 6) is -0.274. The highest BCUT2D eigenvalue weighted by Crippen LogP contribution is 2.35. The Morgan fingerprint density at radius 2 is 2.10 bits per heavy atom.